The maximum absolute atomic E-state index is 5.70. The van der Waals surface area contributed by atoms with E-state index in [0.29, 0.717) is 0 Å². The SMILES string of the molecule is Nc1ccc(Nc2nc3cc4c(cc3[nH]2)CCCC4)cc1. The van der Waals surface area contributed by atoms with Gasteiger partial charge in [0.15, 0.2) is 0 Å². The van der Waals surface area contributed by atoms with Gasteiger partial charge in [-0.2, -0.15) is 0 Å². The zero-order valence-electron chi connectivity index (χ0n) is 11.8. The monoisotopic (exact) mass is 278 g/mol. The largest absolute Gasteiger partial charge is 0.399 e. The van der Waals surface area contributed by atoms with Gasteiger partial charge >= 0.3 is 0 Å². The Kier molecular flexibility index (Phi) is 2.81. The van der Waals surface area contributed by atoms with E-state index in [1.54, 1.807) is 0 Å². The Labute approximate surface area is 123 Å². The van der Waals surface area contributed by atoms with E-state index in [1.807, 2.05) is 24.3 Å². The first kappa shape index (κ1) is 12.3. The Balaban J connectivity index is 1.68. The second-order valence-corrected chi connectivity index (χ2v) is 5.68. The van der Waals surface area contributed by atoms with Crippen LogP contribution >= 0.6 is 0 Å². The highest BCUT2D eigenvalue weighted by molar-refractivity contribution is 5.80. The third kappa shape index (κ3) is 2.33. The minimum Gasteiger partial charge on any atom is -0.399 e. The van der Waals surface area contributed by atoms with E-state index in [2.05, 4.69) is 27.4 Å². The van der Waals surface area contributed by atoms with Crippen molar-refractivity contribution in [2.24, 2.45) is 0 Å². The van der Waals surface area contributed by atoms with Crippen LogP contribution in [-0.4, -0.2) is 9.97 Å². The summed E-state index contributed by atoms with van der Waals surface area (Å²) >= 11 is 0. The molecule has 0 unspecified atom stereocenters. The first-order valence-corrected chi connectivity index (χ1v) is 7.42. The van der Waals surface area contributed by atoms with Crippen molar-refractivity contribution in [2.45, 2.75) is 25.7 Å². The highest BCUT2D eigenvalue weighted by Crippen LogP contribution is 2.27. The van der Waals surface area contributed by atoms with Crippen LogP contribution < -0.4 is 11.1 Å². The van der Waals surface area contributed by atoms with Gasteiger partial charge in [0.2, 0.25) is 5.95 Å². The fourth-order valence-electron chi connectivity index (χ4n) is 3.00. The fourth-order valence-corrected chi connectivity index (χ4v) is 3.00. The highest BCUT2D eigenvalue weighted by Gasteiger charge is 2.12. The molecule has 1 aliphatic carbocycles. The lowest BCUT2D eigenvalue weighted by molar-refractivity contribution is 0.687. The quantitative estimate of drug-likeness (QED) is 0.625. The lowest BCUT2D eigenvalue weighted by Gasteiger charge is -2.14. The molecule has 4 N–H and O–H groups in total. The lowest BCUT2D eigenvalue weighted by atomic mass is 9.91. The number of aryl methyl sites for hydroxylation is 2. The number of aromatic amines is 1. The molecular weight excluding hydrogens is 260 g/mol. The second-order valence-electron chi connectivity index (χ2n) is 5.68. The fraction of sp³-hybridized carbons (Fsp3) is 0.235. The molecular formula is C17H18N4. The van der Waals surface area contributed by atoms with E-state index in [-0.39, 0.29) is 0 Å². The Bertz CT molecular complexity index is 743. The number of rotatable bonds is 2. The number of nitrogens with one attached hydrogen (secondary N) is 2. The molecule has 21 heavy (non-hydrogen) atoms. The zero-order valence-corrected chi connectivity index (χ0v) is 11.8. The van der Waals surface area contributed by atoms with Gasteiger partial charge in [-0.25, -0.2) is 4.98 Å². The number of anilines is 3. The van der Waals surface area contributed by atoms with Gasteiger partial charge in [0.05, 0.1) is 11.0 Å². The molecule has 4 rings (SSSR count). The van der Waals surface area contributed by atoms with Gasteiger partial charge < -0.3 is 16.0 Å². The molecule has 0 aliphatic heterocycles. The minimum absolute atomic E-state index is 0.762. The Morgan fingerprint density at radius 1 is 1.00 bits per heavy atom. The highest BCUT2D eigenvalue weighted by atomic mass is 15.1. The Morgan fingerprint density at radius 3 is 2.48 bits per heavy atom. The van der Waals surface area contributed by atoms with E-state index in [9.17, 15) is 0 Å². The summed E-state index contributed by atoms with van der Waals surface area (Å²) < 4.78 is 0. The molecule has 4 heteroatoms. The molecule has 0 fully saturated rings. The summed E-state index contributed by atoms with van der Waals surface area (Å²) in [6.45, 7) is 0. The van der Waals surface area contributed by atoms with Crippen molar-refractivity contribution in [2.75, 3.05) is 11.1 Å². The number of imidazole rings is 1. The minimum atomic E-state index is 0.762. The van der Waals surface area contributed by atoms with Crippen molar-refractivity contribution in [1.82, 2.24) is 9.97 Å². The van der Waals surface area contributed by atoms with Crippen LogP contribution in [-0.2, 0) is 12.8 Å². The van der Waals surface area contributed by atoms with E-state index < -0.39 is 0 Å². The number of H-pyrrole nitrogens is 1. The Hall–Kier alpha value is -2.49. The molecule has 0 bridgehead atoms. The number of hydrogen-bond donors (Lipinski definition) is 3. The first-order chi connectivity index (χ1) is 10.3. The summed E-state index contributed by atoms with van der Waals surface area (Å²) in [6, 6.07) is 12.1. The number of nitrogens with two attached hydrogens (primary N) is 1. The van der Waals surface area contributed by atoms with Gasteiger partial charge in [-0.05, 0) is 73.2 Å². The summed E-state index contributed by atoms with van der Waals surface area (Å²) in [6.07, 6.45) is 4.95. The van der Waals surface area contributed by atoms with Gasteiger partial charge in [-0.1, -0.05) is 0 Å². The maximum atomic E-state index is 5.70. The van der Waals surface area contributed by atoms with Gasteiger partial charge in [-0.3, -0.25) is 0 Å². The maximum Gasteiger partial charge on any atom is 0.205 e. The summed E-state index contributed by atoms with van der Waals surface area (Å²) in [7, 11) is 0. The zero-order chi connectivity index (χ0) is 14.2. The number of nitrogens with zero attached hydrogens (tertiary/aromatic N) is 1. The molecule has 0 saturated heterocycles. The lowest BCUT2D eigenvalue weighted by Crippen LogP contribution is -2.01. The second kappa shape index (κ2) is 4.81. The molecule has 1 aromatic heterocycles. The molecule has 0 amide bonds. The molecule has 4 nitrogen and oxygen atoms in total. The molecule has 0 atom stereocenters. The number of benzene rings is 2. The molecule has 3 aromatic rings. The van der Waals surface area contributed by atoms with Gasteiger partial charge in [0.1, 0.15) is 0 Å². The predicted molar refractivity (Wildman–Crippen MR) is 86.9 cm³/mol. The molecule has 0 radical (unpaired) electrons. The summed E-state index contributed by atoms with van der Waals surface area (Å²) in [5, 5.41) is 3.29. The average molecular weight is 278 g/mol. The third-order valence-corrected chi connectivity index (χ3v) is 4.12. The van der Waals surface area contributed by atoms with E-state index in [4.69, 9.17) is 5.73 Å². The van der Waals surface area contributed by atoms with E-state index in [0.717, 1.165) is 28.4 Å². The molecule has 2 aromatic carbocycles. The Morgan fingerprint density at radius 2 is 1.71 bits per heavy atom. The number of nitrogen functional groups attached to an aromatic ring is 1. The van der Waals surface area contributed by atoms with Gasteiger partial charge in [0, 0.05) is 11.4 Å². The average Bonchev–Trinajstić information content (AvgIpc) is 2.88. The molecule has 1 aliphatic rings. The standard InChI is InChI=1S/C17H18N4/c18-13-5-7-14(8-6-13)19-17-20-15-9-11-3-1-2-4-12(11)10-16(15)21-17/h5-10H,1-4,18H2,(H2,19,20,21). The smallest absolute Gasteiger partial charge is 0.205 e. The van der Waals surface area contributed by atoms with E-state index >= 15 is 0 Å². The topological polar surface area (TPSA) is 66.7 Å². The van der Waals surface area contributed by atoms with Gasteiger partial charge in [-0.15, -0.1) is 0 Å². The predicted octanol–water partition coefficient (Wildman–Crippen LogP) is 3.77. The van der Waals surface area contributed by atoms with Crippen molar-refractivity contribution in [3.8, 4) is 0 Å². The molecule has 0 spiro atoms. The summed E-state index contributed by atoms with van der Waals surface area (Å²) in [5.74, 6) is 0.775. The van der Waals surface area contributed by atoms with Crippen LogP contribution in [0.25, 0.3) is 11.0 Å². The van der Waals surface area contributed by atoms with Crippen molar-refractivity contribution in [3.05, 3.63) is 47.5 Å². The van der Waals surface area contributed by atoms with Crippen molar-refractivity contribution in [1.29, 1.82) is 0 Å². The third-order valence-electron chi connectivity index (χ3n) is 4.12. The van der Waals surface area contributed by atoms with Crippen LogP contribution in [0.2, 0.25) is 0 Å². The molecule has 1 heterocycles. The van der Waals surface area contributed by atoms with Crippen LogP contribution in [0.5, 0.6) is 0 Å². The van der Waals surface area contributed by atoms with Crippen molar-refractivity contribution >= 4 is 28.4 Å². The first-order valence-electron chi connectivity index (χ1n) is 7.42. The van der Waals surface area contributed by atoms with Gasteiger partial charge in [0.25, 0.3) is 0 Å². The van der Waals surface area contributed by atoms with Crippen LogP contribution in [0.3, 0.4) is 0 Å². The normalized spacial score (nSPS) is 14.1. The van der Waals surface area contributed by atoms with Crippen LogP contribution in [0.4, 0.5) is 17.3 Å². The van der Waals surface area contributed by atoms with E-state index in [1.165, 1.54) is 36.8 Å². The van der Waals surface area contributed by atoms with Crippen LogP contribution in [0.1, 0.15) is 24.0 Å². The summed E-state index contributed by atoms with van der Waals surface area (Å²) in [5.41, 5.74) is 12.5. The summed E-state index contributed by atoms with van der Waals surface area (Å²) in [4.78, 5) is 8.00. The molecule has 0 saturated carbocycles. The molecule has 106 valence electrons. The van der Waals surface area contributed by atoms with Crippen molar-refractivity contribution in [3.63, 3.8) is 0 Å². The van der Waals surface area contributed by atoms with Crippen LogP contribution in [0.15, 0.2) is 36.4 Å². The van der Waals surface area contributed by atoms with Crippen molar-refractivity contribution < 1.29 is 0 Å². The number of aromatic nitrogens is 2. The van der Waals surface area contributed by atoms with Crippen LogP contribution in [0, 0.1) is 0 Å². The number of hydrogen-bond acceptors (Lipinski definition) is 3. The number of fused-ring (bicyclic) bond motifs is 2.